The summed E-state index contributed by atoms with van der Waals surface area (Å²) in [7, 11) is 0. The fourth-order valence-electron chi connectivity index (χ4n) is 8.19. The molecule has 8 atom stereocenters. The standard InChI is InChI=1S/C22H29NO/c1-21-9-7-16-15-6-4-14(23)11-13(15)3-5-17(16)20(21)18-12-19(18)22(21)8-2-10-24-22/h3,5,11,15-20,23H,2,4,6-10,12H2,1H3/t15-,16?,17?,18?,19?,20?,21-,22-/m0/s1. The Kier molecular flexibility index (Phi) is 2.64. The Morgan fingerprint density at radius 2 is 2.12 bits per heavy atom. The third-order valence-corrected chi connectivity index (χ3v) is 9.08. The van der Waals surface area contributed by atoms with Crippen LogP contribution in [-0.2, 0) is 4.74 Å². The van der Waals surface area contributed by atoms with Gasteiger partial charge >= 0.3 is 0 Å². The van der Waals surface area contributed by atoms with Gasteiger partial charge in [0.25, 0.3) is 0 Å². The highest BCUT2D eigenvalue weighted by molar-refractivity contribution is 5.94. The van der Waals surface area contributed by atoms with Crippen molar-refractivity contribution >= 4 is 5.71 Å². The number of rotatable bonds is 0. The molecule has 1 N–H and O–H groups in total. The van der Waals surface area contributed by atoms with E-state index in [1.54, 1.807) is 0 Å². The Morgan fingerprint density at radius 3 is 2.96 bits per heavy atom. The van der Waals surface area contributed by atoms with Gasteiger partial charge in [0.15, 0.2) is 0 Å². The zero-order valence-corrected chi connectivity index (χ0v) is 14.8. The van der Waals surface area contributed by atoms with E-state index in [0.717, 1.165) is 54.2 Å². The molecule has 6 aliphatic rings. The molecule has 0 aromatic carbocycles. The molecule has 2 heteroatoms. The molecule has 24 heavy (non-hydrogen) atoms. The first-order chi connectivity index (χ1) is 11.6. The topological polar surface area (TPSA) is 33.1 Å². The van der Waals surface area contributed by atoms with E-state index in [9.17, 15) is 0 Å². The lowest BCUT2D eigenvalue weighted by Gasteiger charge is -2.56. The maximum Gasteiger partial charge on any atom is 0.0770 e. The van der Waals surface area contributed by atoms with E-state index < -0.39 is 0 Å². The van der Waals surface area contributed by atoms with Crippen LogP contribution in [0.3, 0.4) is 0 Å². The largest absolute Gasteiger partial charge is 0.374 e. The molecular weight excluding hydrogens is 294 g/mol. The summed E-state index contributed by atoms with van der Waals surface area (Å²) in [6.07, 6.45) is 16.2. The van der Waals surface area contributed by atoms with E-state index in [1.165, 1.54) is 44.1 Å². The molecule has 0 aromatic heterocycles. The van der Waals surface area contributed by atoms with E-state index in [4.69, 9.17) is 10.1 Å². The second kappa shape index (κ2) is 4.44. The van der Waals surface area contributed by atoms with Gasteiger partial charge in [-0.05, 0) is 92.1 Å². The molecule has 5 unspecified atom stereocenters. The molecule has 0 bridgehead atoms. The SMILES string of the molecule is C[C@]12CCC3C(C=CC4=CC(=N)CC[C@@H]43)C1C1CC1[C@@]21CCCO1. The third kappa shape index (κ3) is 1.51. The van der Waals surface area contributed by atoms with Crippen molar-refractivity contribution in [3.63, 3.8) is 0 Å². The average Bonchev–Trinajstić information content (AvgIpc) is 3.13. The summed E-state index contributed by atoms with van der Waals surface area (Å²) in [6.45, 7) is 3.61. The molecule has 0 amide bonds. The van der Waals surface area contributed by atoms with Gasteiger partial charge in [-0.25, -0.2) is 0 Å². The Hall–Kier alpha value is -0.890. The molecule has 2 nitrogen and oxygen atoms in total. The molecule has 0 radical (unpaired) electrons. The molecule has 5 aliphatic carbocycles. The molecule has 0 aromatic rings. The second-order valence-electron chi connectivity index (χ2n) is 9.74. The Labute approximate surface area is 145 Å². The van der Waals surface area contributed by atoms with Crippen molar-refractivity contribution in [3.8, 4) is 0 Å². The number of fused-ring (bicyclic) bond motifs is 9. The molecule has 1 heterocycles. The average molecular weight is 323 g/mol. The molecule has 3 saturated carbocycles. The molecule has 128 valence electrons. The van der Waals surface area contributed by atoms with Gasteiger partial charge in [-0.3, -0.25) is 0 Å². The Bertz CT molecular complexity index is 669. The van der Waals surface area contributed by atoms with Crippen molar-refractivity contribution in [2.24, 2.45) is 40.9 Å². The summed E-state index contributed by atoms with van der Waals surface area (Å²) in [5, 5.41) is 8.01. The highest BCUT2D eigenvalue weighted by Crippen LogP contribution is 2.77. The predicted molar refractivity (Wildman–Crippen MR) is 95.0 cm³/mol. The van der Waals surface area contributed by atoms with Gasteiger partial charge in [0, 0.05) is 17.7 Å². The van der Waals surface area contributed by atoms with Crippen LogP contribution in [0.15, 0.2) is 23.8 Å². The fraction of sp³-hybridized carbons (Fsp3) is 0.773. The molecule has 1 spiro atoms. The van der Waals surface area contributed by atoms with Gasteiger partial charge in [-0.15, -0.1) is 0 Å². The summed E-state index contributed by atoms with van der Waals surface area (Å²) in [4.78, 5) is 0. The minimum atomic E-state index is 0.242. The zero-order valence-electron chi connectivity index (χ0n) is 14.8. The third-order valence-electron chi connectivity index (χ3n) is 9.08. The van der Waals surface area contributed by atoms with Crippen molar-refractivity contribution < 1.29 is 4.74 Å². The van der Waals surface area contributed by atoms with E-state index in [2.05, 4.69) is 25.2 Å². The van der Waals surface area contributed by atoms with E-state index in [-0.39, 0.29) is 5.60 Å². The molecule has 1 aliphatic heterocycles. The highest BCUT2D eigenvalue weighted by Gasteiger charge is 2.76. The highest BCUT2D eigenvalue weighted by atomic mass is 16.5. The van der Waals surface area contributed by atoms with Crippen molar-refractivity contribution in [3.05, 3.63) is 23.8 Å². The molecule has 1 saturated heterocycles. The summed E-state index contributed by atoms with van der Waals surface area (Å²) < 4.78 is 6.56. The van der Waals surface area contributed by atoms with Crippen LogP contribution < -0.4 is 0 Å². The lowest BCUT2D eigenvalue weighted by molar-refractivity contribution is -0.138. The molecule has 6 rings (SSSR count). The quantitative estimate of drug-likeness (QED) is 0.685. The van der Waals surface area contributed by atoms with Crippen molar-refractivity contribution in [1.29, 1.82) is 5.41 Å². The van der Waals surface area contributed by atoms with E-state index >= 15 is 0 Å². The van der Waals surface area contributed by atoms with E-state index in [0.29, 0.717) is 5.41 Å². The number of allylic oxidation sites excluding steroid dienone is 4. The van der Waals surface area contributed by atoms with Crippen LogP contribution in [0.2, 0.25) is 0 Å². The van der Waals surface area contributed by atoms with Crippen LogP contribution in [0.1, 0.15) is 51.9 Å². The zero-order chi connectivity index (χ0) is 16.1. The van der Waals surface area contributed by atoms with Gasteiger partial charge in [0.05, 0.1) is 5.60 Å². The van der Waals surface area contributed by atoms with Crippen LogP contribution in [0.5, 0.6) is 0 Å². The van der Waals surface area contributed by atoms with Crippen molar-refractivity contribution in [2.45, 2.75) is 57.5 Å². The summed E-state index contributed by atoms with van der Waals surface area (Å²) >= 11 is 0. The van der Waals surface area contributed by atoms with Gasteiger partial charge in [0.1, 0.15) is 0 Å². The predicted octanol–water partition coefficient (Wildman–Crippen LogP) is 4.76. The van der Waals surface area contributed by atoms with Gasteiger partial charge in [0.2, 0.25) is 0 Å². The van der Waals surface area contributed by atoms with Gasteiger partial charge in [-0.1, -0.05) is 19.1 Å². The number of hydrogen-bond acceptors (Lipinski definition) is 2. The minimum absolute atomic E-state index is 0.242. The summed E-state index contributed by atoms with van der Waals surface area (Å²) in [5.74, 6) is 5.02. The smallest absolute Gasteiger partial charge is 0.0770 e. The minimum Gasteiger partial charge on any atom is -0.374 e. The van der Waals surface area contributed by atoms with Crippen LogP contribution in [0.4, 0.5) is 0 Å². The monoisotopic (exact) mass is 323 g/mol. The first kappa shape index (κ1) is 14.3. The summed E-state index contributed by atoms with van der Waals surface area (Å²) in [5.41, 5.74) is 2.97. The number of hydrogen-bond donors (Lipinski definition) is 1. The van der Waals surface area contributed by atoms with Crippen molar-refractivity contribution in [1.82, 2.24) is 0 Å². The van der Waals surface area contributed by atoms with E-state index in [1.807, 2.05) is 0 Å². The van der Waals surface area contributed by atoms with Crippen LogP contribution in [-0.4, -0.2) is 17.9 Å². The lowest BCUT2D eigenvalue weighted by atomic mass is 9.50. The lowest BCUT2D eigenvalue weighted by Crippen LogP contribution is -2.54. The summed E-state index contributed by atoms with van der Waals surface area (Å²) in [6, 6.07) is 0. The fourth-order valence-corrected chi connectivity index (χ4v) is 8.19. The number of ether oxygens (including phenoxy) is 1. The Balaban J connectivity index is 1.42. The van der Waals surface area contributed by atoms with Crippen LogP contribution >= 0.6 is 0 Å². The van der Waals surface area contributed by atoms with Gasteiger partial charge < -0.3 is 10.1 Å². The number of nitrogens with one attached hydrogen (secondary N) is 1. The normalized spacial score (nSPS) is 57.2. The first-order valence-electron chi connectivity index (χ1n) is 10.3. The Morgan fingerprint density at radius 1 is 1.21 bits per heavy atom. The molecule has 4 fully saturated rings. The first-order valence-corrected chi connectivity index (χ1v) is 10.3. The van der Waals surface area contributed by atoms with Gasteiger partial charge in [-0.2, -0.15) is 0 Å². The maximum absolute atomic E-state index is 8.01. The second-order valence-corrected chi connectivity index (χ2v) is 9.74. The van der Waals surface area contributed by atoms with Crippen LogP contribution in [0.25, 0.3) is 0 Å². The van der Waals surface area contributed by atoms with Crippen molar-refractivity contribution in [2.75, 3.05) is 6.61 Å². The maximum atomic E-state index is 8.01. The van der Waals surface area contributed by atoms with Crippen LogP contribution in [0, 0.1) is 46.3 Å². The molecular formula is C22H29NO.